The van der Waals surface area contributed by atoms with E-state index >= 15 is 0 Å². The standard InChI is InChI=1S/C17H26N2O2/c1-13(14-6-8-16(21-2)9-7-14)11-17(20)19-10-4-3-5-15(19)12-18/h6-9,13,15H,3-5,10-12,18H2,1-2H3. The second kappa shape index (κ2) is 7.46. The number of carbonyl (C=O) groups excluding carboxylic acids is 1. The number of rotatable bonds is 5. The predicted molar refractivity (Wildman–Crippen MR) is 84.4 cm³/mol. The second-order valence-electron chi connectivity index (χ2n) is 5.85. The molecule has 0 bridgehead atoms. The van der Waals surface area contributed by atoms with Gasteiger partial charge in [0.2, 0.25) is 5.91 Å². The lowest BCUT2D eigenvalue weighted by Gasteiger charge is -2.35. The zero-order valence-corrected chi connectivity index (χ0v) is 13.0. The molecule has 0 aliphatic carbocycles. The van der Waals surface area contributed by atoms with Crippen molar-refractivity contribution in [2.75, 3.05) is 20.2 Å². The number of hydrogen-bond donors (Lipinski definition) is 1. The Kier molecular flexibility index (Phi) is 5.62. The lowest BCUT2D eigenvalue weighted by Crippen LogP contribution is -2.47. The molecular formula is C17H26N2O2. The van der Waals surface area contributed by atoms with Crippen LogP contribution in [0.3, 0.4) is 0 Å². The van der Waals surface area contributed by atoms with Crippen molar-refractivity contribution in [2.24, 2.45) is 5.73 Å². The summed E-state index contributed by atoms with van der Waals surface area (Å²) in [4.78, 5) is 14.5. The van der Waals surface area contributed by atoms with Crippen LogP contribution in [0, 0.1) is 0 Å². The SMILES string of the molecule is COc1ccc(C(C)CC(=O)N2CCCCC2CN)cc1. The first-order valence-electron chi connectivity index (χ1n) is 7.79. The summed E-state index contributed by atoms with van der Waals surface area (Å²) in [5.41, 5.74) is 6.97. The fraction of sp³-hybridized carbons (Fsp3) is 0.588. The van der Waals surface area contributed by atoms with E-state index in [-0.39, 0.29) is 17.9 Å². The van der Waals surface area contributed by atoms with E-state index in [2.05, 4.69) is 6.92 Å². The molecule has 0 radical (unpaired) electrons. The smallest absolute Gasteiger partial charge is 0.223 e. The van der Waals surface area contributed by atoms with E-state index in [1.807, 2.05) is 29.2 Å². The summed E-state index contributed by atoms with van der Waals surface area (Å²) >= 11 is 0. The van der Waals surface area contributed by atoms with Crippen molar-refractivity contribution >= 4 is 5.91 Å². The Bertz CT molecular complexity index is 458. The molecular weight excluding hydrogens is 264 g/mol. The first-order chi connectivity index (χ1) is 10.2. The Hall–Kier alpha value is -1.55. The summed E-state index contributed by atoms with van der Waals surface area (Å²) in [6, 6.07) is 8.19. The van der Waals surface area contributed by atoms with Gasteiger partial charge in [-0.3, -0.25) is 4.79 Å². The molecule has 1 aromatic carbocycles. The molecule has 4 nitrogen and oxygen atoms in total. The summed E-state index contributed by atoms with van der Waals surface area (Å²) in [5, 5.41) is 0. The van der Waals surface area contributed by atoms with Crippen LogP contribution in [0.2, 0.25) is 0 Å². The zero-order chi connectivity index (χ0) is 15.2. The largest absolute Gasteiger partial charge is 0.497 e. The maximum absolute atomic E-state index is 12.5. The maximum atomic E-state index is 12.5. The van der Waals surface area contributed by atoms with Gasteiger partial charge in [0.15, 0.2) is 0 Å². The summed E-state index contributed by atoms with van der Waals surface area (Å²) in [6.07, 6.45) is 3.86. The molecule has 1 heterocycles. The molecule has 116 valence electrons. The van der Waals surface area contributed by atoms with Crippen molar-refractivity contribution < 1.29 is 9.53 Å². The summed E-state index contributed by atoms with van der Waals surface area (Å²) in [6.45, 7) is 3.53. The van der Waals surface area contributed by atoms with Gasteiger partial charge in [-0.05, 0) is 42.9 Å². The number of amides is 1. The first-order valence-corrected chi connectivity index (χ1v) is 7.79. The Morgan fingerprint density at radius 2 is 2.10 bits per heavy atom. The second-order valence-corrected chi connectivity index (χ2v) is 5.85. The van der Waals surface area contributed by atoms with Crippen LogP contribution in [0.4, 0.5) is 0 Å². The minimum atomic E-state index is 0.212. The lowest BCUT2D eigenvalue weighted by atomic mass is 9.95. The molecule has 1 amide bonds. The highest BCUT2D eigenvalue weighted by atomic mass is 16.5. The van der Waals surface area contributed by atoms with Crippen molar-refractivity contribution in [3.05, 3.63) is 29.8 Å². The van der Waals surface area contributed by atoms with Crippen molar-refractivity contribution in [1.29, 1.82) is 0 Å². The molecule has 2 N–H and O–H groups in total. The maximum Gasteiger partial charge on any atom is 0.223 e. The molecule has 1 fully saturated rings. The average molecular weight is 290 g/mol. The Morgan fingerprint density at radius 3 is 2.71 bits per heavy atom. The van der Waals surface area contributed by atoms with Crippen LogP contribution in [-0.2, 0) is 4.79 Å². The third-order valence-electron chi connectivity index (χ3n) is 4.39. The van der Waals surface area contributed by atoms with Crippen molar-refractivity contribution in [1.82, 2.24) is 4.90 Å². The summed E-state index contributed by atoms with van der Waals surface area (Å²) in [5.74, 6) is 1.29. The summed E-state index contributed by atoms with van der Waals surface area (Å²) in [7, 11) is 1.66. The van der Waals surface area contributed by atoms with Crippen molar-refractivity contribution in [3.8, 4) is 5.75 Å². The monoisotopic (exact) mass is 290 g/mol. The molecule has 1 aliphatic rings. The highest BCUT2D eigenvalue weighted by Gasteiger charge is 2.26. The molecule has 21 heavy (non-hydrogen) atoms. The van der Waals surface area contributed by atoms with Gasteiger partial charge in [-0.15, -0.1) is 0 Å². The molecule has 2 atom stereocenters. The van der Waals surface area contributed by atoms with E-state index in [4.69, 9.17) is 10.5 Å². The number of methoxy groups -OCH3 is 1. The van der Waals surface area contributed by atoms with Crippen LogP contribution >= 0.6 is 0 Å². The molecule has 1 aliphatic heterocycles. The van der Waals surface area contributed by atoms with E-state index in [0.717, 1.165) is 25.1 Å². The van der Waals surface area contributed by atoms with Crippen molar-refractivity contribution in [3.63, 3.8) is 0 Å². The van der Waals surface area contributed by atoms with Gasteiger partial charge in [-0.1, -0.05) is 19.1 Å². The van der Waals surface area contributed by atoms with E-state index in [9.17, 15) is 4.79 Å². The number of nitrogens with zero attached hydrogens (tertiary/aromatic N) is 1. The van der Waals surface area contributed by atoms with Gasteiger partial charge in [0.1, 0.15) is 5.75 Å². The molecule has 4 heteroatoms. The van der Waals surface area contributed by atoms with Crippen LogP contribution < -0.4 is 10.5 Å². The van der Waals surface area contributed by atoms with Gasteiger partial charge in [0.05, 0.1) is 7.11 Å². The minimum absolute atomic E-state index is 0.212. The topological polar surface area (TPSA) is 55.6 Å². The Morgan fingerprint density at radius 1 is 1.38 bits per heavy atom. The fourth-order valence-electron chi connectivity index (χ4n) is 3.00. The minimum Gasteiger partial charge on any atom is -0.497 e. The van der Waals surface area contributed by atoms with Crippen LogP contribution in [0.5, 0.6) is 5.75 Å². The number of carbonyl (C=O) groups is 1. The third-order valence-corrected chi connectivity index (χ3v) is 4.39. The van der Waals surface area contributed by atoms with Crippen LogP contribution in [0.25, 0.3) is 0 Å². The molecule has 2 rings (SSSR count). The van der Waals surface area contributed by atoms with E-state index in [0.29, 0.717) is 13.0 Å². The van der Waals surface area contributed by atoms with Gasteiger partial charge >= 0.3 is 0 Å². The molecule has 0 saturated carbocycles. The molecule has 1 saturated heterocycles. The first kappa shape index (κ1) is 15.8. The van der Waals surface area contributed by atoms with Crippen LogP contribution in [0.1, 0.15) is 44.1 Å². The van der Waals surface area contributed by atoms with Gasteiger partial charge in [-0.2, -0.15) is 0 Å². The number of ether oxygens (including phenoxy) is 1. The average Bonchev–Trinajstić information content (AvgIpc) is 2.54. The van der Waals surface area contributed by atoms with Gasteiger partial charge in [-0.25, -0.2) is 0 Å². The number of likely N-dealkylation sites (tertiary alicyclic amines) is 1. The zero-order valence-electron chi connectivity index (χ0n) is 13.0. The molecule has 0 aromatic heterocycles. The number of benzene rings is 1. The van der Waals surface area contributed by atoms with E-state index in [1.54, 1.807) is 7.11 Å². The van der Waals surface area contributed by atoms with Crippen molar-refractivity contribution in [2.45, 2.75) is 44.6 Å². The predicted octanol–water partition coefficient (Wildman–Crippen LogP) is 2.53. The quantitative estimate of drug-likeness (QED) is 0.906. The highest BCUT2D eigenvalue weighted by Crippen LogP contribution is 2.25. The molecule has 0 spiro atoms. The van der Waals surface area contributed by atoms with Gasteiger partial charge in [0, 0.05) is 25.6 Å². The van der Waals surface area contributed by atoms with E-state index in [1.165, 1.54) is 12.0 Å². The van der Waals surface area contributed by atoms with Gasteiger partial charge in [0.25, 0.3) is 0 Å². The molecule has 2 unspecified atom stereocenters. The lowest BCUT2D eigenvalue weighted by molar-refractivity contribution is -0.135. The van der Waals surface area contributed by atoms with E-state index < -0.39 is 0 Å². The number of nitrogens with two attached hydrogens (primary N) is 1. The third kappa shape index (κ3) is 3.97. The van der Waals surface area contributed by atoms with Crippen LogP contribution in [-0.4, -0.2) is 37.0 Å². The normalized spacial score (nSPS) is 20.1. The fourth-order valence-corrected chi connectivity index (χ4v) is 3.00. The summed E-state index contributed by atoms with van der Waals surface area (Å²) < 4.78 is 5.16. The Balaban J connectivity index is 1.97. The highest BCUT2D eigenvalue weighted by molar-refractivity contribution is 5.77. The number of hydrogen-bond acceptors (Lipinski definition) is 3. The Labute approximate surface area is 127 Å². The number of piperidine rings is 1. The van der Waals surface area contributed by atoms with Gasteiger partial charge < -0.3 is 15.4 Å². The van der Waals surface area contributed by atoms with Crippen LogP contribution in [0.15, 0.2) is 24.3 Å². The molecule has 1 aromatic rings.